The Labute approximate surface area is 128 Å². The van der Waals surface area contributed by atoms with E-state index in [1.807, 2.05) is 23.1 Å². The first-order valence-electron chi connectivity index (χ1n) is 6.06. The lowest BCUT2D eigenvalue weighted by molar-refractivity contribution is 0.0766. The summed E-state index contributed by atoms with van der Waals surface area (Å²) in [5.41, 5.74) is 0.699. The van der Waals surface area contributed by atoms with Gasteiger partial charge in [0.05, 0.1) is 11.6 Å². The fourth-order valence-electron chi connectivity index (χ4n) is 2.03. The van der Waals surface area contributed by atoms with Crippen LogP contribution in [0.4, 0.5) is 0 Å². The van der Waals surface area contributed by atoms with Gasteiger partial charge >= 0.3 is 0 Å². The van der Waals surface area contributed by atoms with Crippen LogP contribution < -0.4 is 10.1 Å². The third kappa shape index (κ3) is 4.09. The average Bonchev–Trinajstić information content (AvgIpc) is 2.66. The lowest BCUT2D eigenvalue weighted by atomic mass is 10.2. The second kappa shape index (κ2) is 7.72. The minimum atomic E-state index is 0. The summed E-state index contributed by atoms with van der Waals surface area (Å²) in [6.45, 7) is 3.43. The third-order valence-electron chi connectivity index (χ3n) is 3.03. The van der Waals surface area contributed by atoms with Crippen molar-refractivity contribution in [2.75, 3.05) is 33.3 Å². The van der Waals surface area contributed by atoms with Crippen molar-refractivity contribution in [1.82, 2.24) is 10.2 Å². The number of ether oxygens (including phenoxy) is 1. The molecule has 0 spiro atoms. The molecule has 1 aliphatic rings. The van der Waals surface area contributed by atoms with Crippen LogP contribution in [0.3, 0.4) is 0 Å². The van der Waals surface area contributed by atoms with E-state index in [0.717, 1.165) is 42.8 Å². The lowest BCUT2D eigenvalue weighted by Gasteiger charge is -2.20. The number of hydrogen-bond donors (Lipinski definition) is 1. The van der Waals surface area contributed by atoms with E-state index in [4.69, 9.17) is 4.74 Å². The number of carbonyl (C=O) groups is 1. The quantitative estimate of drug-likeness (QED) is 0.891. The maximum atomic E-state index is 12.3. The number of methoxy groups -OCH3 is 1. The van der Waals surface area contributed by atoms with Crippen LogP contribution >= 0.6 is 28.3 Å². The van der Waals surface area contributed by atoms with Crippen molar-refractivity contribution in [3.63, 3.8) is 0 Å². The SMILES string of the molecule is COc1ccc(C(=O)N2CCCNCC2)cc1Br.Cl. The molecule has 1 saturated heterocycles. The maximum absolute atomic E-state index is 12.3. The van der Waals surface area contributed by atoms with Crippen LogP contribution in [0.2, 0.25) is 0 Å². The first-order valence-corrected chi connectivity index (χ1v) is 6.85. The number of benzene rings is 1. The predicted molar refractivity (Wildman–Crippen MR) is 81.3 cm³/mol. The van der Waals surface area contributed by atoms with Crippen LogP contribution in [-0.4, -0.2) is 44.1 Å². The molecule has 0 atom stereocenters. The van der Waals surface area contributed by atoms with E-state index >= 15 is 0 Å². The molecule has 4 nitrogen and oxygen atoms in total. The van der Waals surface area contributed by atoms with E-state index in [2.05, 4.69) is 21.2 Å². The van der Waals surface area contributed by atoms with Gasteiger partial charge in [0.15, 0.2) is 0 Å². The van der Waals surface area contributed by atoms with E-state index in [0.29, 0.717) is 5.56 Å². The minimum Gasteiger partial charge on any atom is -0.496 e. The summed E-state index contributed by atoms with van der Waals surface area (Å²) in [4.78, 5) is 14.2. The third-order valence-corrected chi connectivity index (χ3v) is 3.65. The fourth-order valence-corrected chi connectivity index (χ4v) is 2.57. The number of halogens is 2. The molecule has 0 aromatic heterocycles. The fraction of sp³-hybridized carbons (Fsp3) is 0.462. The van der Waals surface area contributed by atoms with Crippen LogP contribution in [-0.2, 0) is 0 Å². The Morgan fingerprint density at radius 2 is 2.16 bits per heavy atom. The van der Waals surface area contributed by atoms with Gasteiger partial charge in [0.2, 0.25) is 0 Å². The molecule has 1 amide bonds. The summed E-state index contributed by atoms with van der Waals surface area (Å²) in [5, 5.41) is 3.29. The zero-order valence-corrected chi connectivity index (χ0v) is 13.2. The first-order chi connectivity index (χ1) is 8.72. The van der Waals surface area contributed by atoms with Crippen molar-refractivity contribution in [2.24, 2.45) is 0 Å². The second-order valence-electron chi connectivity index (χ2n) is 4.25. The molecule has 2 rings (SSSR count). The molecule has 1 fully saturated rings. The normalized spacial score (nSPS) is 15.4. The van der Waals surface area contributed by atoms with Gasteiger partial charge in [-0.05, 0) is 47.1 Å². The largest absolute Gasteiger partial charge is 0.496 e. The van der Waals surface area contributed by atoms with Crippen molar-refractivity contribution in [3.05, 3.63) is 28.2 Å². The molecule has 1 N–H and O–H groups in total. The maximum Gasteiger partial charge on any atom is 0.253 e. The van der Waals surface area contributed by atoms with Crippen molar-refractivity contribution in [3.8, 4) is 5.75 Å². The smallest absolute Gasteiger partial charge is 0.253 e. The Morgan fingerprint density at radius 1 is 1.37 bits per heavy atom. The van der Waals surface area contributed by atoms with Crippen LogP contribution in [0.15, 0.2) is 22.7 Å². The van der Waals surface area contributed by atoms with Gasteiger partial charge < -0.3 is 15.0 Å². The molecular weight excluding hydrogens is 332 g/mol. The van der Waals surface area contributed by atoms with E-state index in [9.17, 15) is 4.79 Å². The highest BCUT2D eigenvalue weighted by Gasteiger charge is 2.17. The van der Waals surface area contributed by atoms with Crippen LogP contribution in [0.1, 0.15) is 16.8 Å². The summed E-state index contributed by atoms with van der Waals surface area (Å²) in [6, 6.07) is 5.44. The summed E-state index contributed by atoms with van der Waals surface area (Å²) < 4.78 is 5.97. The summed E-state index contributed by atoms with van der Waals surface area (Å²) in [6.07, 6.45) is 1.00. The molecule has 0 unspecified atom stereocenters. The lowest BCUT2D eigenvalue weighted by Crippen LogP contribution is -2.34. The van der Waals surface area contributed by atoms with Gasteiger partial charge in [-0.15, -0.1) is 12.4 Å². The van der Waals surface area contributed by atoms with Crippen LogP contribution in [0.25, 0.3) is 0 Å². The van der Waals surface area contributed by atoms with E-state index in [1.54, 1.807) is 7.11 Å². The van der Waals surface area contributed by atoms with Gasteiger partial charge in [-0.25, -0.2) is 0 Å². The summed E-state index contributed by atoms with van der Waals surface area (Å²) in [5.74, 6) is 0.825. The Bertz CT molecular complexity index is 435. The number of rotatable bonds is 2. The zero-order chi connectivity index (χ0) is 13.0. The van der Waals surface area contributed by atoms with Gasteiger partial charge in [0.1, 0.15) is 5.75 Å². The molecule has 106 valence electrons. The van der Waals surface area contributed by atoms with Crippen molar-refractivity contribution in [2.45, 2.75) is 6.42 Å². The number of nitrogens with one attached hydrogen (secondary N) is 1. The van der Waals surface area contributed by atoms with E-state index in [-0.39, 0.29) is 18.3 Å². The van der Waals surface area contributed by atoms with Crippen molar-refractivity contribution < 1.29 is 9.53 Å². The number of nitrogens with zero attached hydrogens (tertiary/aromatic N) is 1. The Hall–Kier alpha value is -0.780. The molecule has 6 heteroatoms. The molecule has 1 aromatic rings. The van der Waals surface area contributed by atoms with Gasteiger partial charge in [-0.2, -0.15) is 0 Å². The van der Waals surface area contributed by atoms with E-state index < -0.39 is 0 Å². The molecule has 19 heavy (non-hydrogen) atoms. The van der Waals surface area contributed by atoms with Gasteiger partial charge in [0.25, 0.3) is 5.91 Å². The van der Waals surface area contributed by atoms with Crippen LogP contribution in [0, 0.1) is 0 Å². The average molecular weight is 350 g/mol. The molecule has 0 aliphatic carbocycles. The van der Waals surface area contributed by atoms with Crippen molar-refractivity contribution >= 4 is 34.2 Å². The standard InChI is InChI=1S/C13H17BrN2O2.ClH/c1-18-12-4-3-10(9-11(12)14)13(17)16-7-2-5-15-6-8-16;/h3-4,9,15H,2,5-8H2,1H3;1H. The molecule has 1 heterocycles. The minimum absolute atomic E-state index is 0. The first kappa shape index (κ1) is 16.3. The molecule has 1 aromatic carbocycles. The summed E-state index contributed by atoms with van der Waals surface area (Å²) >= 11 is 3.41. The topological polar surface area (TPSA) is 41.6 Å². The molecule has 1 aliphatic heterocycles. The van der Waals surface area contributed by atoms with Gasteiger partial charge in [0, 0.05) is 25.2 Å². The van der Waals surface area contributed by atoms with E-state index in [1.165, 1.54) is 0 Å². The molecular formula is C13H18BrClN2O2. The molecule has 0 radical (unpaired) electrons. The van der Waals surface area contributed by atoms with Crippen molar-refractivity contribution in [1.29, 1.82) is 0 Å². The number of hydrogen-bond acceptors (Lipinski definition) is 3. The number of amides is 1. The zero-order valence-electron chi connectivity index (χ0n) is 10.8. The van der Waals surface area contributed by atoms with Gasteiger partial charge in [-0.3, -0.25) is 4.79 Å². The van der Waals surface area contributed by atoms with Gasteiger partial charge in [-0.1, -0.05) is 0 Å². The Kier molecular flexibility index (Phi) is 6.62. The number of carbonyl (C=O) groups excluding carboxylic acids is 1. The predicted octanol–water partition coefficient (Wildman–Crippen LogP) is 2.32. The Balaban J connectivity index is 0.00000180. The summed E-state index contributed by atoms with van der Waals surface area (Å²) in [7, 11) is 1.61. The monoisotopic (exact) mass is 348 g/mol. The highest BCUT2D eigenvalue weighted by molar-refractivity contribution is 9.10. The molecule has 0 saturated carbocycles. The highest BCUT2D eigenvalue weighted by atomic mass is 79.9. The molecule has 0 bridgehead atoms. The Morgan fingerprint density at radius 3 is 2.84 bits per heavy atom. The van der Waals surface area contributed by atoms with Crippen LogP contribution in [0.5, 0.6) is 5.75 Å². The second-order valence-corrected chi connectivity index (χ2v) is 5.10. The highest BCUT2D eigenvalue weighted by Crippen LogP contribution is 2.26.